The summed E-state index contributed by atoms with van der Waals surface area (Å²) < 4.78 is 24.6. The lowest BCUT2D eigenvalue weighted by atomic mass is 10.1. The Morgan fingerprint density at radius 3 is 2.25 bits per heavy atom. The lowest BCUT2D eigenvalue weighted by molar-refractivity contribution is 0.589. The van der Waals surface area contributed by atoms with Gasteiger partial charge in [0.1, 0.15) is 0 Å². The molecule has 0 aliphatic carbocycles. The molecule has 2 aromatic rings. The molecule has 4 nitrogen and oxygen atoms in total. The van der Waals surface area contributed by atoms with Crippen LogP contribution in [0, 0.1) is 0 Å². The van der Waals surface area contributed by atoms with E-state index in [4.69, 9.17) is 5.73 Å². The van der Waals surface area contributed by atoms with Crippen LogP contribution in [0.3, 0.4) is 0 Å². The lowest BCUT2D eigenvalue weighted by Crippen LogP contribution is -2.21. The number of nitrogens with two attached hydrogens (primary N) is 1. The Kier molecular flexibility index (Phi) is 4.52. The Hall–Kier alpha value is -1.72. The van der Waals surface area contributed by atoms with Crippen molar-refractivity contribution in [1.82, 2.24) is 4.98 Å². The SMILES string of the molecule is CCc1ccc(S(=O)(=O)CC(N)c2ccncc2)cc1. The van der Waals surface area contributed by atoms with Gasteiger partial charge in [-0.2, -0.15) is 0 Å². The van der Waals surface area contributed by atoms with Crippen LogP contribution in [-0.2, 0) is 16.3 Å². The standard InChI is InChI=1S/C15H18N2O2S/c1-2-12-3-5-14(6-4-12)20(18,19)11-15(16)13-7-9-17-10-8-13/h3-10,15H,2,11,16H2,1H3. The molecule has 0 aliphatic heterocycles. The average Bonchev–Trinajstić information content (AvgIpc) is 2.48. The maximum atomic E-state index is 12.3. The van der Waals surface area contributed by atoms with Crippen molar-refractivity contribution in [3.8, 4) is 0 Å². The van der Waals surface area contributed by atoms with Gasteiger partial charge in [-0.15, -0.1) is 0 Å². The van der Waals surface area contributed by atoms with Crippen LogP contribution in [-0.4, -0.2) is 19.2 Å². The fraction of sp³-hybridized carbons (Fsp3) is 0.267. The molecule has 0 saturated carbocycles. The number of aromatic nitrogens is 1. The van der Waals surface area contributed by atoms with Crippen molar-refractivity contribution >= 4 is 9.84 Å². The number of rotatable bonds is 5. The first-order chi connectivity index (χ1) is 9.53. The second-order valence-corrected chi connectivity index (χ2v) is 6.70. The minimum atomic E-state index is -3.38. The van der Waals surface area contributed by atoms with E-state index in [1.165, 1.54) is 0 Å². The predicted octanol–water partition coefficient (Wildman–Crippen LogP) is 2.12. The van der Waals surface area contributed by atoms with Gasteiger partial charge in [-0.05, 0) is 41.8 Å². The second-order valence-electron chi connectivity index (χ2n) is 4.67. The largest absolute Gasteiger partial charge is 0.323 e. The highest BCUT2D eigenvalue weighted by Crippen LogP contribution is 2.18. The molecule has 2 N–H and O–H groups in total. The molecule has 2 rings (SSSR count). The van der Waals surface area contributed by atoms with E-state index in [1.807, 2.05) is 19.1 Å². The highest BCUT2D eigenvalue weighted by Gasteiger charge is 2.19. The summed E-state index contributed by atoms with van der Waals surface area (Å²) in [6.45, 7) is 2.03. The molecule has 1 heterocycles. The van der Waals surface area contributed by atoms with Gasteiger partial charge in [-0.3, -0.25) is 4.98 Å². The summed E-state index contributed by atoms with van der Waals surface area (Å²) in [5.74, 6) is -0.109. The second kappa shape index (κ2) is 6.15. The molecular formula is C15H18N2O2S. The lowest BCUT2D eigenvalue weighted by Gasteiger charge is -2.12. The number of pyridine rings is 1. The third kappa shape index (κ3) is 3.43. The van der Waals surface area contributed by atoms with E-state index in [0.29, 0.717) is 4.90 Å². The monoisotopic (exact) mass is 290 g/mol. The van der Waals surface area contributed by atoms with Crippen molar-refractivity contribution in [3.63, 3.8) is 0 Å². The molecule has 0 radical (unpaired) electrons. The molecule has 0 amide bonds. The topological polar surface area (TPSA) is 73.0 Å². The van der Waals surface area contributed by atoms with Crippen LogP contribution >= 0.6 is 0 Å². The van der Waals surface area contributed by atoms with Crippen molar-refractivity contribution in [3.05, 3.63) is 59.9 Å². The number of aryl methyl sites for hydroxylation is 1. The van der Waals surface area contributed by atoms with Gasteiger partial charge in [-0.25, -0.2) is 8.42 Å². The zero-order chi connectivity index (χ0) is 14.6. The summed E-state index contributed by atoms with van der Waals surface area (Å²) in [6.07, 6.45) is 4.10. The van der Waals surface area contributed by atoms with Crippen LogP contribution in [0.25, 0.3) is 0 Å². The smallest absolute Gasteiger partial charge is 0.180 e. The normalized spacial score (nSPS) is 13.1. The van der Waals surface area contributed by atoms with Gasteiger partial charge >= 0.3 is 0 Å². The van der Waals surface area contributed by atoms with Gasteiger partial charge in [-0.1, -0.05) is 19.1 Å². The molecule has 1 aromatic carbocycles. The Bertz CT molecular complexity index is 652. The fourth-order valence-electron chi connectivity index (χ4n) is 1.97. The van der Waals surface area contributed by atoms with Crippen LogP contribution in [0.1, 0.15) is 24.1 Å². The van der Waals surface area contributed by atoms with Crippen molar-refractivity contribution in [2.75, 3.05) is 5.75 Å². The predicted molar refractivity (Wildman–Crippen MR) is 79.0 cm³/mol. The molecule has 5 heteroatoms. The summed E-state index contributed by atoms with van der Waals surface area (Å²) in [5, 5.41) is 0. The molecule has 1 unspecified atom stereocenters. The van der Waals surface area contributed by atoms with Gasteiger partial charge in [0.2, 0.25) is 0 Å². The molecule has 0 fully saturated rings. The average molecular weight is 290 g/mol. The van der Waals surface area contributed by atoms with Crippen LogP contribution in [0.4, 0.5) is 0 Å². The summed E-state index contributed by atoms with van der Waals surface area (Å²) in [5.41, 5.74) is 7.85. The summed E-state index contributed by atoms with van der Waals surface area (Å²) in [6, 6.07) is 9.89. The van der Waals surface area contributed by atoms with Crippen molar-refractivity contribution < 1.29 is 8.42 Å². The highest BCUT2D eigenvalue weighted by molar-refractivity contribution is 7.91. The molecule has 106 valence electrons. The van der Waals surface area contributed by atoms with E-state index in [0.717, 1.165) is 17.5 Å². The maximum absolute atomic E-state index is 12.3. The first kappa shape index (κ1) is 14.7. The van der Waals surface area contributed by atoms with Gasteiger partial charge in [0.25, 0.3) is 0 Å². The molecule has 0 saturated heterocycles. The molecule has 0 bridgehead atoms. The number of sulfone groups is 1. The minimum Gasteiger partial charge on any atom is -0.323 e. The van der Waals surface area contributed by atoms with Crippen LogP contribution in [0.15, 0.2) is 53.7 Å². The summed E-state index contributed by atoms with van der Waals surface area (Å²) in [7, 11) is -3.38. The molecule has 0 spiro atoms. The maximum Gasteiger partial charge on any atom is 0.180 e. The number of hydrogen-bond acceptors (Lipinski definition) is 4. The Morgan fingerprint density at radius 1 is 1.10 bits per heavy atom. The van der Waals surface area contributed by atoms with Gasteiger partial charge in [0.15, 0.2) is 9.84 Å². The van der Waals surface area contributed by atoms with E-state index < -0.39 is 15.9 Å². The molecule has 20 heavy (non-hydrogen) atoms. The van der Waals surface area contributed by atoms with E-state index >= 15 is 0 Å². The quantitative estimate of drug-likeness (QED) is 0.915. The van der Waals surface area contributed by atoms with Gasteiger partial charge < -0.3 is 5.73 Å². The minimum absolute atomic E-state index is 0.109. The third-order valence-electron chi connectivity index (χ3n) is 3.22. The van der Waals surface area contributed by atoms with Crippen molar-refractivity contribution in [2.24, 2.45) is 5.73 Å². The number of benzene rings is 1. The summed E-state index contributed by atoms with van der Waals surface area (Å²) in [4.78, 5) is 4.22. The first-order valence-electron chi connectivity index (χ1n) is 6.50. The van der Waals surface area contributed by atoms with Crippen LogP contribution < -0.4 is 5.73 Å². The molecule has 1 aromatic heterocycles. The van der Waals surface area contributed by atoms with Crippen LogP contribution in [0.2, 0.25) is 0 Å². The first-order valence-corrected chi connectivity index (χ1v) is 8.15. The van der Waals surface area contributed by atoms with E-state index in [9.17, 15) is 8.42 Å². The highest BCUT2D eigenvalue weighted by atomic mass is 32.2. The molecular weight excluding hydrogens is 272 g/mol. The van der Waals surface area contributed by atoms with E-state index in [2.05, 4.69) is 4.98 Å². The van der Waals surface area contributed by atoms with E-state index in [1.54, 1.807) is 36.7 Å². The summed E-state index contributed by atoms with van der Waals surface area (Å²) >= 11 is 0. The van der Waals surface area contributed by atoms with Gasteiger partial charge in [0, 0.05) is 18.4 Å². The Labute approximate surface area is 119 Å². The zero-order valence-electron chi connectivity index (χ0n) is 11.4. The molecule has 0 aliphatic rings. The van der Waals surface area contributed by atoms with Crippen molar-refractivity contribution in [1.29, 1.82) is 0 Å². The van der Waals surface area contributed by atoms with Crippen molar-refractivity contribution in [2.45, 2.75) is 24.3 Å². The van der Waals surface area contributed by atoms with Crippen LogP contribution in [0.5, 0.6) is 0 Å². The zero-order valence-corrected chi connectivity index (χ0v) is 12.2. The molecule has 1 atom stereocenters. The number of hydrogen-bond donors (Lipinski definition) is 1. The number of nitrogens with zero attached hydrogens (tertiary/aromatic N) is 1. The third-order valence-corrected chi connectivity index (χ3v) is 5.01. The fourth-order valence-corrected chi connectivity index (χ4v) is 3.38. The Balaban J connectivity index is 2.18. The van der Waals surface area contributed by atoms with Gasteiger partial charge in [0.05, 0.1) is 10.6 Å². The Morgan fingerprint density at radius 2 is 1.70 bits per heavy atom. The van der Waals surface area contributed by atoms with E-state index in [-0.39, 0.29) is 5.75 Å².